The Balaban J connectivity index is 2.62. The zero-order chi connectivity index (χ0) is 11.3. The highest BCUT2D eigenvalue weighted by molar-refractivity contribution is 7.80. The number of rotatable bonds is 1. The van der Waals surface area contributed by atoms with Crippen LogP contribution in [0.3, 0.4) is 0 Å². The van der Waals surface area contributed by atoms with E-state index in [1.807, 2.05) is 0 Å². The molecule has 0 aliphatic carbocycles. The van der Waals surface area contributed by atoms with Crippen LogP contribution in [-0.2, 0) is 9.47 Å². The Morgan fingerprint density at radius 3 is 2.53 bits per heavy atom. The van der Waals surface area contributed by atoms with Crippen molar-refractivity contribution in [1.82, 2.24) is 4.90 Å². The first-order chi connectivity index (χ1) is 7.06. The van der Waals surface area contributed by atoms with Crippen molar-refractivity contribution in [2.45, 2.75) is 19.4 Å². The average molecular weight is 227 g/mol. The van der Waals surface area contributed by atoms with Crippen molar-refractivity contribution in [2.24, 2.45) is 0 Å². The molecule has 0 aromatic carbocycles. The Kier molecular flexibility index (Phi) is 4.52. The van der Waals surface area contributed by atoms with Crippen molar-refractivity contribution >= 4 is 17.3 Å². The van der Waals surface area contributed by atoms with Gasteiger partial charge in [-0.1, -0.05) is 5.92 Å². The summed E-state index contributed by atoms with van der Waals surface area (Å²) >= 11 is 4.89. The molecule has 0 aromatic heterocycles. The van der Waals surface area contributed by atoms with Crippen LogP contribution in [0.25, 0.3) is 0 Å². The highest BCUT2D eigenvalue weighted by Gasteiger charge is 2.26. The third kappa shape index (κ3) is 3.78. The average Bonchev–Trinajstić information content (AvgIpc) is 2.27. The lowest BCUT2D eigenvalue weighted by molar-refractivity contribution is 0.00740. The summed E-state index contributed by atoms with van der Waals surface area (Å²) in [6.45, 7) is 7.57. The van der Waals surface area contributed by atoms with Gasteiger partial charge in [0.2, 0.25) is 5.05 Å². The lowest BCUT2D eigenvalue weighted by Crippen LogP contribution is -2.49. The summed E-state index contributed by atoms with van der Waals surface area (Å²) in [6, 6.07) is 0. The monoisotopic (exact) mass is 227 g/mol. The smallest absolute Gasteiger partial charge is 0.237 e. The predicted molar refractivity (Wildman–Crippen MR) is 63.9 cm³/mol. The molecule has 3 nitrogen and oxygen atoms in total. The first kappa shape index (κ1) is 12.4. The van der Waals surface area contributed by atoms with Crippen molar-refractivity contribution in [1.29, 1.82) is 0 Å². The SMILES string of the molecule is COC(=S)C#CC(C)(C)N1CCOCC1. The predicted octanol–water partition coefficient (Wildman–Crippen LogP) is 1.07. The first-order valence-electron chi connectivity index (χ1n) is 5.00. The minimum Gasteiger partial charge on any atom is -0.480 e. The van der Waals surface area contributed by atoms with E-state index in [1.165, 1.54) is 0 Å². The Labute approximate surface area is 96.7 Å². The molecule has 0 saturated carbocycles. The number of hydrogen-bond acceptors (Lipinski definition) is 4. The molecule has 0 atom stereocenters. The van der Waals surface area contributed by atoms with Crippen molar-refractivity contribution < 1.29 is 9.47 Å². The minimum absolute atomic E-state index is 0.174. The Morgan fingerprint density at radius 2 is 2.00 bits per heavy atom. The van der Waals surface area contributed by atoms with Crippen LogP contribution in [0.15, 0.2) is 0 Å². The quantitative estimate of drug-likeness (QED) is 0.493. The molecule has 0 N–H and O–H groups in total. The van der Waals surface area contributed by atoms with Crippen molar-refractivity contribution in [3.63, 3.8) is 0 Å². The summed E-state index contributed by atoms with van der Waals surface area (Å²) < 4.78 is 10.1. The molecule has 15 heavy (non-hydrogen) atoms. The third-order valence-electron chi connectivity index (χ3n) is 2.46. The van der Waals surface area contributed by atoms with Gasteiger partial charge in [0.15, 0.2) is 0 Å². The van der Waals surface area contributed by atoms with E-state index >= 15 is 0 Å². The van der Waals surface area contributed by atoms with E-state index in [0.717, 1.165) is 26.3 Å². The van der Waals surface area contributed by atoms with Gasteiger partial charge in [-0.3, -0.25) is 4.90 Å². The fraction of sp³-hybridized carbons (Fsp3) is 0.727. The number of methoxy groups -OCH3 is 1. The van der Waals surface area contributed by atoms with E-state index in [4.69, 9.17) is 21.7 Å². The number of nitrogens with zero attached hydrogens (tertiary/aromatic N) is 1. The fourth-order valence-electron chi connectivity index (χ4n) is 1.46. The van der Waals surface area contributed by atoms with Gasteiger partial charge in [0.1, 0.15) is 0 Å². The largest absolute Gasteiger partial charge is 0.480 e. The van der Waals surface area contributed by atoms with Gasteiger partial charge in [-0.25, -0.2) is 0 Å². The molecule has 4 heteroatoms. The molecule has 0 spiro atoms. The standard InChI is InChI=1S/C11H17NO2S/c1-11(2,5-4-10(15)13-3)12-6-8-14-9-7-12/h6-9H2,1-3H3. The van der Waals surface area contributed by atoms with Crippen LogP contribution in [0.1, 0.15) is 13.8 Å². The normalized spacial score (nSPS) is 17.8. The lowest BCUT2D eigenvalue weighted by Gasteiger charge is -2.37. The maximum absolute atomic E-state index is 5.30. The lowest BCUT2D eigenvalue weighted by atomic mass is 10.0. The second kappa shape index (κ2) is 5.45. The van der Waals surface area contributed by atoms with Crippen molar-refractivity contribution in [3.05, 3.63) is 0 Å². The van der Waals surface area contributed by atoms with Crippen molar-refractivity contribution in [3.8, 4) is 11.8 Å². The summed E-state index contributed by atoms with van der Waals surface area (Å²) in [5.74, 6) is 5.98. The van der Waals surface area contributed by atoms with Crippen LogP contribution in [0.4, 0.5) is 0 Å². The Morgan fingerprint density at radius 1 is 1.40 bits per heavy atom. The number of thiocarbonyl (C=S) groups is 1. The molecule has 84 valence electrons. The van der Waals surface area contributed by atoms with Gasteiger partial charge in [-0.2, -0.15) is 0 Å². The molecular formula is C11H17NO2S. The van der Waals surface area contributed by atoms with Crippen LogP contribution in [0.5, 0.6) is 0 Å². The molecule has 1 aliphatic rings. The van der Waals surface area contributed by atoms with E-state index in [2.05, 4.69) is 30.6 Å². The van der Waals surface area contributed by atoms with Crippen LogP contribution in [0, 0.1) is 11.8 Å². The molecule has 1 aliphatic heterocycles. The van der Waals surface area contributed by atoms with Gasteiger partial charge in [0.25, 0.3) is 0 Å². The van der Waals surface area contributed by atoms with E-state index in [0.29, 0.717) is 5.05 Å². The summed E-state index contributed by atoms with van der Waals surface area (Å²) in [5, 5.41) is 0.344. The Hall–Kier alpha value is -0.630. The molecule has 1 heterocycles. The maximum atomic E-state index is 5.30. The molecule has 1 fully saturated rings. The van der Waals surface area contributed by atoms with Gasteiger partial charge in [0.05, 0.1) is 25.9 Å². The summed E-state index contributed by atoms with van der Waals surface area (Å²) in [4.78, 5) is 2.29. The van der Waals surface area contributed by atoms with Gasteiger partial charge >= 0.3 is 0 Å². The molecule has 0 radical (unpaired) electrons. The van der Waals surface area contributed by atoms with E-state index in [9.17, 15) is 0 Å². The third-order valence-corrected chi connectivity index (χ3v) is 2.73. The van der Waals surface area contributed by atoms with Gasteiger partial charge in [-0.05, 0) is 32.0 Å². The Bertz CT molecular complexity index is 285. The molecular weight excluding hydrogens is 210 g/mol. The summed E-state index contributed by atoms with van der Waals surface area (Å²) in [7, 11) is 1.54. The van der Waals surface area contributed by atoms with Crippen LogP contribution >= 0.6 is 12.2 Å². The summed E-state index contributed by atoms with van der Waals surface area (Å²) in [6.07, 6.45) is 0. The number of ether oxygens (including phenoxy) is 2. The number of hydrogen-bond donors (Lipinski definition) is 0. The second-order valence-corrected chi connectivity index (χ2v) is 4.27. The van der Waals surface area contributed by atoms with E-state index in [-0.39, 0.29) is 5.54 Å². The van der Waals surface area contributed by atoms with E-state index in [1.54, 1.807) is 7.11 Å². The highest BCUT2D eigenvalue weighted by atomic mass is 32.1. The minimum atomic E-state index is -0.174. The zero-order valence-electron chi connectivity index (χ0n) is 9.50. The molecule has 0 amide bonds. The van der Waals surface area contributed by atoms with Gasteiger partial charge in [-0.15, -0.1) is 0 Å². The maximum Gasteiger partial charge on any atom is 0.237 e. The fourth-order valence-corrected chi connectivity index (χ4v) is 1.51. The van der Waals surface area contributed by atoms with E-state index < -0.39 is 0 Å². The highest BCUT2D eigenvalue weighted by Crippen LogP contribution is 2.14. The molecule has 0 aromatic rings. The zero-order valence-corrected chi connectivity index (χ0v) is 10.3. The van der Waals surface area contributed by atoms with Crippen LogP contribution < -0.4 is 0 Å². The molecule has 1 rings (SSSR count). The summed E-state index contributed by atoms with van der Waals surface area (Å²) in [5.41, 5.74) is -0.174. The van der Waals surface area contributed by atoms with Crippen LogP contribution in [0.2, 0.25) is 0 Å². The molecule has 0 bridgehead atoms. The van der Waals surface area contributed by atoms with Gasteiger partial charge in [0, 0.05) is 13.1 Å². The van der Waals surface area contributed by atoms with Crippen LogP contribution in [-0.4, -0.2) is 48.9 Å². The second-order valence-electron chi connectivity index (χ2n) is 3.90. The molecule has 0 unspecified atom stereocenters. The number of morpholine rings is 1. The van der Waals surface area contributed by atoms with Gasteiger partial charge < -0.3 is 9.47 Å². The first-order valence-corrected chi connectivity index (χ1v) is 5.41. The van der Waals surface area contributed by atoms with Crippen molar-refractivity contribution in [2.75, 3.05) is 33.4 Å². The molecule has 1 saturated heterocycles. The topological polar surface area (TPSA) is 21.7 Å².